The fraction of sp³-hybridized carbons (Fsp3) is 0.154. The molecule has 31 heavy (non-hydrogen) atoms. The number of carboxylic acids is 1. The first-order valence-corrected chi connectivity index (χ1v) is 10.0. The summed E-state index contributed by atoms with van der Waals surface area (Å²) in [4.78, 5) is 23.1. The van der Waals surface area contributed by atoms with Gasteiger partial charge in [-0.1, -0.05) is 78.6 Å². The zero-order valence-corrected chi connectivity index (χ0v) is 16.8. The third-order valence-electron chi connectivity index (χ3n) is 5.25. The molecule has 1 aliphatic carbocycles. The Labute approximate surface area is 180 Å². The van der Waals surface area contributed by atoms with Crippen LogP contribution in [0.25, 0.3) is 11.1 Å². The topological polar surface area (TPSA) is 75.6 Å². The normalized spacial score (nSPS) is 11.6. The monoisotopic (exact) mass is 411 g/mol. The maximum Gasteiger partial charge on any atom is 0.407 e. The van der Waals surface area contributed by atoms with E-state index in [1.54, 1.807) is 24.3 Å². The van der Waals surface area contributed by atoms with E-state index < -0.39 is 12.1 Å². The van der Waals surface area contributed by atoms with Crippen LogP contribution < -0.4 is 5.32 Å². The molecule has 0 radical (unpaired) electrons. The lowest BCUT2D eigenvalue weighted by Gasteiger charge is -2.14. The molecule has 5 nitrogen and oxygen atoms in total. The van der Waals surface area contributed by atoms with Crippen LogP contribution in [0.2, 0.25) is 0 Å². The molecule has 0 spiro atoms. The quantitative estimate of drug-likeness (QED) is 0.617. The number of hydrogen-bond donors (Lipinski definition) is 2. The van der Waals surface area contributed by atoms with Crippen molar-refractivity contribution in [2.45, 2.75) is 12.3 Å². The van der Waals surface area contributed by atoms with Crippen LogP contribution in [0.1, 0.15) is 28.2 Å². The minimum Gasteiger partial charge on any atom is -0.481 e. The second-order valence-electron chi connectivity index (χ2n) is 7.21. The van der Waals surface area contributed by atoms with Crippen molar-refractivity contribution in [1.29, 1.82) is 0 Å². The number of alkyl carbamates (subject to hydrolysis) is 1. The SMILES string of the molecule is O=C(O)Cc1ccccc1C#CCNC(=O)OCC1c2ccccc2-c2ccccc21. The molecule has 3 aromatic carbocycles. The smallest absolute Gasteiger partial charge is 0.407 e. The van der Waals surface area contributed by atoms with Crippen LogP contribution in [-0.4, -0.2) is 30.3 Å². The molecule has 0 fully saturated rings. The number of aliphatic carboxylic acids is 1. The van der Waals surface area contributed by atoms with E-state index in [1.165, 1.54) is 11.1 Å². The second-order valence-corrected chi connectivity index (χ2v) is 7.21. The Balaban J connectivity index is 1.35. The van der Waals surface area contributed by atoms with Crippen molar-refractivity contribution in [1.82, 2.24) is 5.32 Å². The first-order chi connectivity index (χ1) is 15.1. The maximum absolute atomic E-state index is 12.2. The van der Waals surface area contributed by atoms with Crippen molar-refractivity contribution in [3.05, 3.63) is 95.1 Å². The first kappa shape index (κ1) is 20.2. The van der Waals surface area contributed by atoms with Crippen molar-refractivity contribution < 1.29 is 19.4 Å². The van der Waals surface area contributed by atoms with E-state index in [0.717, 1.165) is 11.1 Å². The number of carbonyl (C=O) groups is 2. The Bertz CT molecular complexity index is 1140. The minimum atomic E-state index is -0.911. The Morgan fingerprint density at radius 3 is 2.19 bits per heavy atom. The van der Waals surface area contributed by atoms with Crippen LogP contribution in [0.4, 0.5) is 4.79 Å². The van der Waals surface area contributed by atoms with Crippen molar-refractivity contribution in [2.24, 2.45) is 0 Å². The average Bonchev–Trinajstić information content (AvgIpc) is 3.10. The summed E-state index contributed by atoms with van der Waals surface area (Å²) in [6.07, 6.45) is -0.625. The molecular weight excluding hydrogens is 390 g/mol. The molecule has 0 aromatic heterocycles. The highest BCUT2D eigenvalue weighted by Crippen LogP contribution is 2.44. The largest absolute Gasteiger partial charge is 0.481 e. The molecule has 1 aliphatic rings. The van der Waals surface area contributed by atoms with Crippen molar-refractivity contribution in [3.63, 3.8) is 0 Å². The third-order valence-corrected chi connectivity index (χ3v) is 5.25. The molecule has 154 valence electrons. The summed E-state index contributed by atoms with van der Waals surface area (Å²) in [5, 5.41) is 11.6. The average molecular weight is 411 g/mol. The lowest BCUT2D eigenvalue weighted by Crippen LogP contribution is -2.26. The Hall–Kier alpha value is -4.04. The van der Waals surface area contributed by atoms with E-state index in [9.17, 15) is 9.59 Å². The molecule has 0 bridgehead atoms. The molecule has 0 aliphatic heterocycles. The van der Waals surface area contributed by atoms with Crippen molar-refractivity contribution in [2.75, 3.05) is 13.2 Å². The molecule has 2 N–H and O–H groups in total. The highest BCUT2D eigenvalue weighted by Gasteiger charge is 2.28. The van der Waals surface area contributed by atoms with Gasteiger partial charge in [0.05, 0.1) is 13.0 Å². The number of rotatable bonds is 5. The third kappa shape index (κ3) is 4.59. The van der Waals surface area contributed by atoms with Gasteiger partial charge in [-0.05, 0) is 33.9 Å². The summed E-state index contributed by atoms with van der Waals surface area (Å²) in [5.41, 5.74) is 5.96. The van der Waals surface area contributed by atoms with Gasteiger partial charge in [-0.3, -0.25) is 4.79 Å². The highest BCUT2D eigenvalue weighted by molar-refractivity contribution is 5.79. The van der Waals surface area contributed by atoms with E-state index >= 15 is 0 Å². The summed E-state index contributed by atoms with van der Waals surface area (Å²) in [6, 6.07) is 23.4. The molecule has 0 atom stereocenters. The van der Waals surface area contributed by atoms with Gasteiger partial charge in [-0.25, -0.2) is 4.79 Å². The minimum absolute atomic E-state index is 0.00660. The van der Waals surface area contributed by atoms with Gasteiger partial charge in [0.25, 0.3) is 0 Å². The van der Waals surface area contributed by atoms with Crippen LogP contribution in [0.3, 0.4) is 0 Å². The zero-order chi connectivity index (χ0) is 21.6. The number of carbonyl (C=O) groups excluding carboxylic acids is 1. The summed E-state index contributed by atoms with van der Waals surface area (Å²) >= 11 is 0. The van der Waals surface area contributed by atoms with Gasteiger partial charge in [0.15, 0.2) is 0 Å². The highest BCUT2D eigenvalue weighted by atomic mass is 16.5. The number of hydrogen-bond acceptors (Lipinski definition) is 3. The number of ether oxygens (including phenoxy) is 1. The fourth-order valence-corrected chi connectivity index (χ4v) is 3.86. The number of fused-ring (bicyclic) bond motifs is 3. The van der Waals surface area contributed by atoms with E-state index in [4.69, 9.17) is 9.84 Å². The standard InChI is InChI=1S/C26H21NO4/c28-25(29)16-19-9-2-1-8-18(19)10-7-15-27-26(30)31-17-24-22-13-5-3-11-20(22)21-12-4-6-14-23(21)24/h1-6,8-9,11-14,24H,15-17H2,(H,27,30)(H,28,29). The second kappa shape index (κ2) is 9.19. The maximum atomic E-state index is 12.2. The van der Waals surface area contributed by atoms with Crippen LogP contribution in [0.5, 0.6) is 0 Å². The zero-order valence-electron chi connectivity index (χ0n) is 16.8. The van der Waals surface area contributed by atoms with Gasteiger partial charge in [-0.2, -0.15) is 0 Å². The van der Waals surface area contributed by atoms with Crippen LogP contribution in [0, 0.1) is 11.8 Å². The Morgan fingerprint density at radius 2 is 1.52 bits per heavy atom. The van der Waals surface area contributed by atoms with E-state index in [0.29, 0.717) is 11.1 Å². The molecule has 0 saturated carbocycles. The summed E-state index contributed by atoms with van der Waals surface area (Å²) in [5.74, 6) is 4.86. The van der Waals surface area contributed by atoms with Crippen LogP contribution in [-0.2, 0) is 16.0 Å². The van der Waals surface area contributed by atoms with Gasteiger partial charge in [-0.15, -0.1) is 0 Å². The van der Waals surface area contributed by atoms with Crippen LogP contribution >= 0.6 is 0 Å². The number of carboxylic acid groups (broad SMARTS) is 1. The predicted molar refractivity (Wildman–Crippen MR) is 118 cm³/mol. The Morgan fingerprint density at radius 1 is 0.903 bits per heavy atom. The summed E-state index contributed by atoms with van der Waals surface area (Å²) in [6.45, 7) is 0.354. The molecule has 5 heteroatoms. The molecule has 0 unspecified atom stereocenters. The Kier molecular flexibility index (Phi) is 6.00. The van der Waals surface area contributed by atoms with Crippen molar-refractivity contribution >= 4 is 12.1 Å². The van der Waals surface area contributed by atoms with E-state index in [1.807, 2.05) is 24.3 Å². The molecular formula is C26H21NO4. The fourth-order valence-electron chi connectivity index (χ4n) is 3.86. The van der Waals surface area contributed by atoms with Gasteiger partial charge >= 0.3 is 12.1 Å². The van der Waals surface area contributed by atoms with Gasteiger partial charge in [0.2, 0.25) is 0 Å². The van der Waals surface area contributed by atoms with Crippen LogP contribution in [0.15, 0.2) is 72.8 Å². The van der Waals surface area contributed by atoms with E-state index in [-0.39, 0.29) is 25.5 Å². The van der Waals surface area contributed by atoms with E-state index in [2.05, 4.69) is 41.4 Å². The predicted octanol–water partition coefficient (Wildman–Crippen LogP) is 4.20. The lowest BCUT2D eigenvalue weighted by molar-refractivity contribution is -0.136. The number of amides is 1. The van der Waals surface area contributed by atoms with Crippen molar-refractivity contribution in [3.8, 4) is 23.0 Å². The van der Waals surface area contributed by atoms with Gasteiger partial charge in [0.1, 0.15) is 6.61 Å². The lowest BCUT2D eigenvalue weighted by atomic mass is 9.98. The molecule has 0 saturated heterocycles. The molecule has 0 heterocycles. The molecule has 3 aromatic rings. The number of benzene rings is 3. The molecule has 1 amide bonds. The first-order valence-electron chi connectivity index (χ1n) is 10.0. The summed E-state index contributed by atoms with van der Waals surface area (Å²) in [7, 11) is 0. The van der Waals surface area contributed by atoms with Gasteiger partial charge in [0, 0.05) is 11.5 Å². The number of nitrogens with one attached hydrogen (secondary N) is 1. The summed E-state index contributed by atoms with van der Waals surface area (Å²) < 4.78 is 5.47. The van der Waals surface area contributed by atoms with Gasteiger partial charge < -0.3 is 15.2 Å². The molecule has 4 rings (SSSR count).